The molecule has 0 spiro atoms. The first-order valence-electron chi connectivity index (χ1n) is 8.67. The standard InChI is InChI=1S/C18H21F3N4O2.ClH/c19-18(20,21)13-27-15-4-2-14(3-5-15)12-23-16(26)17(6-9-22-10-7-17)25-11-1-8-24-25;/h1-5,8,11,22H,6-7,9-10,12-13H2,(H,23,26);1H. The minimum Gasteiger partial charge on any atom is -0.484 e. The summed E-state index contributed by atoms with van der Waals surface area (Å²) in [6, 6.07) is 7.97. The fraction of sp³-hybridized carbons (Fsp3) is 0.444. The molecule has 1 aromatic heterocycles. The van der Waals surface area contributed by atoms with E-state index in [0.29, 0.717) is 12.8 Å². The van der Waals surface area contributed by atoms with Crippen molar-refractivity contribution in [3.05, 3.63) is 48.3 Å². The zero-order valence-electron chi connectivity index (χ0n) is 15.0. The highest BCUT2D eigenvalue weighted by Crippen LogP contribution is 2.27. The Balaban J connectivity index is 0.00000280. The summed E-state index contributed by atoms with van der Waals surface area (Å²) in [5.41, 5.74) is 0.0390. The van der Waals surface area contributed by atoms with Crippen LogP contribution in [0.5, 0.6) is 5.75 Å². The van der Waals surface area contributed by atoms with Crippen molar-refractivity contribution in [1.29, 1.82) is 0 Å². The Morgan fingerprint density at radius 2 is 1.93 bits per heavy atom. The average molecular weight is 419 g/mol. The topological polar surface area (TPSA) is 68.2 Å². The Labute approximate surface area is 166 Å². The maximum Gasteiger partial charge on any atom is 0.422 e. The van der Waals surface area contributed by atoms with Crippen LogP contribution in [0.3, 0.4) is 0 Å². The number of carbonyl (C=O) groups is 1. The van der Waals surface area contributed by atoms with Crippen molar-refractivity contribution >= 4 is 18.3 Å². The van der Waals surface area contributed by atoms with Crippen LogP contribution in [0.2, 0.25) is 0 Å². The number of ether oxygens (including phenoxy) is 1. The molecule has 10 heteroatoms. The van der Waals surface area contributed by atoms with Gasteiger partial charge in [0, 0.05) is 18.9 Å². The van der Waals surface area contributed by atoms with Crippen LogP contribution in [0.15, 0.2) is 42.7 Å². The van der Waals surface area contributed by atoms with Gasteiger partial charge in [0.05, 0.1) is 0 Å². The quantitative estimate of drug-likeness (QED) is 0.756. The Hall–Kier alpha value is -2.26. The lowest BCUT2D eigenvalue weighted by Gasteiger charge is -2.36. The van der Waals surface area contributed by atoms with Crippen LogP contribution >= 0.6 is 12.4 Å². The number of halogens is 4. The van der Waals surface area contributed by atoms with Crippen LogP contribution in [0.4, 0.5) is 13.2 Å². The first-order chi connectivity index (χ1) is 12.9. The fourth-order valence-electron chi connectivity index (χ4n) is 3.14. The lowest BCUT2D eigenvalue weighted by atomic mass is 9.87. The zero-order valence-corrected chi connectivity index (χ0v) is 15.9. The number of nitrogens with zero attached hydrogens (tertiary/aromatic N) is 2. The van der Waals surface area contributed by atoms with Gasteiger partial charge in [-0.3, -0.25) is 9.48 Å². The van der Waals surface area contributed by atoms with E-state index in [0.717, 1.165) is 18.7 Å². The van der Waals surface area contributed by atoms with Crippen molar-refractivity contribution in [3.8, 4) is 5.75 Å². The normalized spacial score (nSPS) is 16.1. The van der Waals surface area contributed by atoms with E-state index in [1.54, 1.807) is 35.3 Å². The predicted octanol–water partition coefficient (Wildman–Crippen LogP) is 2.64. The molecule has 0 atom stereocenters. The summed E-state index contributed by atoms with van der Waals surface area (Å²) >= 11 is 0. The molecule has 1 aromatic carbocycles. The molecular weight excluding hydrogens is 397 g/mol. The number of hydrogen-bond acceptors (Lipinski definition) is 4. The molecule has 1 aliphatic heterocycles. The third kappa shape index (κ3) is 5.39. The lowest BCUT2D eigenvalue weighted by molar-refractivity contribution is -0.153. The molecule has 2 N–H and O–H groups in total. The van der Waals surface area contributed by atoms with Gasteiger partial charge in [0.15, 0.2) is 6.61 Å². The Kier molecular flexibility index (Phi) is 7.31. The molecule has 0 saturated carbocycles. The second-order valence-electron chi connectivity index (χ2n) is 6.46. The lowest BCUT2D eigenvalue weighted by Crippen LogP contribution is -2.54. The molecule has 28 heavy (non-hydrogen) atoms. The van der Waals surface area contributed by atoms with E-state index in [-0.39, 0.29) is 30.6 Å². The van der Waals surface area contributed by atoms with Crippen molar-refractivity contribution in [1.82, 2.24) is 20.4 Å². The Morgan fingerprint density at radius 1 is 1.25 bits per heavy atom. The third-order valence-corrected chi connectivity index (χ3v) is 4.58. The van der Waals surface area contributed by atoms with Gasteiger partial charge in [0.1, 0.15) is 11.3 Å². The highest BCUT2D eigenvalue weighted by Gasteiger charge is 2.41. The summed E-state index contributed by atoms with van der Waals surface area (Å²) in [5.74, 6) is 0.0128. The van der Waals surface area contributed by atoms with Crippen LogP contribution in [0.1, 0.15) is 18.4 Å². The number of hydrogen-bond donors (Lipinski definition) is 2. The van der Waals surface area contributed by atoms with Crippen LogP contribution in [-0.2, 0) is 16.9 Å². The van der Waals surface area contributed by atoms with Crippen LogP contribution in [0.25, 0.3) is 0 Å². The van der Waals surface area contributed by atoms with Crippen molar-refractivity contribution in [3.63, 3.8) is 0 Å². The molecule has 154 valence electrons. The van der Waals surface area contributed by atoms with Gasteiger partial charge in [-0.15, -0.1) is 12.4 Å². The summed E-state index contributed by atoms with van der Waals surface area (Å²) < 4.78 is 42.9. The van der Waals surface area contributed by atoms with Gasteiger partial charge in [-0.05, 0) is 49.7 Å². The minimum absolute atomic E-state index is 0. The predicted molar refractivity (Wildman–Crippen MR) is 99.4 cm³/mol. The monoisotopic (exact) mass is 418 g/mol. The molecule has 3 rings (SSSR count). The van der Waals surface area contributed by atoms with Gasteiger partial charge in [-0.1, -0.05) is 12.1 Å². The first kappa shape index (κ1) is 22.0. The highest BCUT2D eigenvalue weighted by molar-refractivity contribution is 5.85. The maximum absolute atomic E-state index is 12.9. The molecule has 0 bridgehead atoms. The Morgan fingerprint density at radius 3 is 2.50 bits per heavy atom. The van der Waals surface area contributed by atoms with E-state index in [9.17, 15) is 18.0 Å². The van der Waals surface area contributed by atoms with Gasteiger partial charge in [-0.2, -0.15) is 18.3 Å². The number of piperidine rings is 1. The molecule has 2 heterocycles. The number of amides is 1. The molecule has 0 unspecified atom stereocenters. The molecule has 0 radical (unpaired) electrons. The van der Waals surface area contributed by atoms with Crippen LogP contribution in [-0.4, -0.2) is 41.6 Å². The van der Waals surface area contributed by atoms with Gasteiger partial charge in [0.2, 0.25) is 5.91 Å². The zero-order chi connectivity index (χ0) is 19.3. The number of alkyl halides is 3. The highest BCUT2D eigenvalue weighted by atomic mass is 35.5. The second kappa shape index (κ2) is 9.29. The summed E-state index contributed by atoms with van der Waals surface area (Å²) in [4.78, 5) is 12.9. The summed E-state index contributed by atoms with van der Waals surface area (Å²) in [7, 11) is 0. The van der Waals surface area contributed by atoms with Crippen LogP contribution < -0.4 is 15.4 Å². The third-order valence-electron chi connectivity index (χ3n) is 4.58. The number of nitrogens with one attached hydrogen (secondary N) is 2. The maximum atomic E-state index is 12.9. The van der Waals surface area contributed by atoms with Gasteiger partial charge in [0.25, 0.3) is 0 Å². The Bertz CT molecular complexity index is 745. The molecule has 1 amide bonds. The van der Waals surface area contributed by atoms with E-state index in [2.05, 4.69) is 20.5 Å². The van der Waals surface area contributed by atoms with E-state index in [4.69, 9.17) is 0 Å². The van der Waals surface area contributed by atoms with E-state index >= 15 is 0 Å². The average Bonchev–Trinajstić information content (AvgIpc) is 3.20. The molecule has 1 fully saturated rings. The fourth-order valence-corrected chi connectivity index (χ4v) is 3.14. The van der Waals surface area contributed by atoms with Crippen LogP contribution in [0, 0.1) is 0 Å². The van der Waals surface area contributed by atoms with E-state index in [1.165, 1.54) is 12.1 Å². The molecule has 1 saturated heterocycles. The largest absolute Gasteiger partial charge is 0.484 e. The molecular formula is C18H22ClF3N4O2. The summed E-state index contributed by atoms with van der Waals surface area (Å²) in [6.45, 7) is 0.384. The van der Waals surface area contributed by atoms with Crippen molar-refractivity contribution < 1.29 is 22.7 Å². The molecule has 0 aliphatic carbocycles. The number of benzene rings is 1. The molecule has 1 aliphatic rings. The summed E-state index contributed by atoms with van der Waals surface area (Å²) in [6.07, 6.45) is 0.326. The smallest absolute Gasteiger partial charge is 0.422 e. The van der Waals surface area contributed by atoms with Crippen molar-refractivity contribution in [2.24, 2.45) is 0 Å². The van der Waals surface area contributed by atoms with Crippen molar-refractivity contribution in [2.45, 2.75) is 31.1 Å². The SMILES string of the molecule is Cl.O=C(NCc1ccc(OCC(F)(F)F)cc1)C1(n2cccn2)CCNCC1. The van der Waals surface area contributed by atoms with Gasteiger partial charge in [-0.25, -0.2) is 0 Å². The molecule has 6 nitrogen and oxygen atoms in total. The van der Waals surface area contributed by atoms with Gasteiger partial charge >= 0.3 is 6.18 Å². The number of aromatic nitrogens is 2. The summed E-state index contributed by atoms with van der Waals surface area (Å²) in [5, 5.41) is 10.4. The second-order valence-corrected chi connectivity index (χ2v) is 6.46. The number of carbonyl (C=O) groups excluding carboxylic acids is 1. The first-order valence-corrected chi connectivity index (χ1v) is 8.67. The van der Waals surface area contributed by atoms with E-state index < -0.39 is 18.3 Å². The minimum atomic E-state index is -4.37. The van der Waals surface area contributed by atoms with Crippen molar-refractivity contribution in [2.75, 3.05) is 19.7 Å². The molecule has 2 aromatic rings. The number of rotatable bonds is 6. The van der Waals surface area contributed by atoms with Gasteiger partial charge < -0.3 is 15.4 Å². The van der Waals surface area contributed by atoms with E-state index in [1.807, 2.05) is 0 Å².